The molecule has 0 aliphatic rings. The summed E-state index contributed by atoms with van der Waals surface area (Å²) in [5.74, 6) is 0.639. The van der Waals surface area contributed by atoms with Gasteiger partial charge in [0.05, 0.1) is 10.6 Å². The van der Waals surface area contributed by atoms with Crippen LogP contribution in [0.5, 0.6) is 0 Å². The SMILES string of the molecule is CC(C)SCCS(=O)(=O)c1ccc(/C(N)=N/O)cc1. The molecule has 1 aromatic rings. The number of hydrogen-bond acceptors (Lipinski definition) is 5. The summed E-state index contributed by atoms with van der Waals surface area (Å²) in [6, 6.07) is 6.00. The lowest BCUT2D eigenvalue weighted by Gasteiger charge is -2.07. The monoisotopic (exact) mass is 302 g/mol. The molecule has 0 unspecified atom stereocenters. The summed E-state index contributed by atoms with van der Waals surface area (Å²) >= 11 is 1.61. The third-order valence-electron chi connectivity index (χ3n) is 2.42. The Morgan fingerprint density at radius 2 is 1.95 bits per heavy atom. The molecule has 0 radical (unpaired) electrons. The second kappa shape index (κ2) is 6.81. The quantitative estimate of drug-likeness (QED) is 0.361. The van der Waals surface area contributed by atoms with Crippen LogP contribution in [0.3, 0.4) is 0 Å². The van der Waals surface area contributed by atoms with Crippen molar-refractivity contribution in [3.05, 3.63) is 29.8 Å². The highest BCUT2D eigenvalue weighted by Gasteiger charge is 2.14. The van der Waals surface area contributed by atoms with E-state index in [2.05, 4.69) is 5.16 Å². The fraction of sp³-hybridized carbons (Fsp3) is 0.417. The molecule has 0 saturated heterocycles. The molecule has 0 aromatic heterocycles. The molecule has 0 spiro atoms. The lowest BCUT2D eigenvalue weighted by atomic mass is 10.2. The highest BCUT2D eigenvalue weighted by Crippen LogP contribution is 2.16. The van der Waals surface area contributed by atoms with Crippen LogP contribution in [0.25, 0.3) is 0 Å². The molecular weight excluding hydrogens is 284 g/mol. The van der Waals surface area contributed by atoms with Crippen molar-refractivity contribution in [1.29, 1.82) is 0 Å². The summed E-state index contributed by atoms with van der Waals surface area (Å²) in [4.78, 5) is 0.256. The molecule has 19 heavy (non-hydrogen) atoms. The highest BCUT2D eigenvalue weighted by molar-refractivity contribution is 8.01. The number of nitrogens with two attached hydrogens (primary N) is 1. The number of rotatable bonds is 6. The van der Waals surface area contributed by atoms with Gasteiger partial charge in [-0.2, -0.15) is 11.8 Å². The molecule has 3 N–H and O–H groups in total. The molecule has 0 aliphatic heterocycles. The van der Waals surface area contributed by atoms with Gasteiger partial charge < -0.3 is 10.9 Å². The second-order valence-electron chi connectivity index (χ2n) is 4.25. The molecule has 0 amide bonds. The molecule has 1 rings (SSSR count). The average molecular weight is 302 g/mol. The Labute approximate surface area is 117 Å². The fourth-order valence-electron chi connectivity index (χ4n) is 1.40. The van der Waals surface area contributed by atoms with Gasteiger partial charge in [0.2, 0.25) is 0 Å². The zero-order valence-corrected chi connectivity index (χ0v) is 12.5. The van der Waals surface area contributed by atoms with Gasteiger partial charge in [0.25, 0.3) is 0 Å². The van der Waals surface area contributed by atoms with Crippen LogP contribution in [-0.4, -0.2) is 36.2 Å². The number of oxime groups is 1. The molecule has 0 bridgehead atoms. The number of nitrogens with zero attached hydrogens (tertiary/aromatic N) is 1. The molecule has 7 heteroatoms. The third kappa shape index (κ3) is 4.76. The van der Waals surface area contributed by atoms with Crippen LogP contribution in [-0.2, 0) is 9.84 Å². The lowest BCUT2D eigenvalue weighted by molar-refractivity contribution is 0.318. The zero-order valence-electron chi connectivity index (χ0n) is 10.9. The van der Waals surface area contributed by atoms with Gasteiger partial charge in [-0.1, -0.05) is 19.0 Å². The summed E-state index contributed by atoms with van der Waals surface area (Å²) in [5.41, 5.74) is 5.90. The summed E-state index contributed by atoms with van der Waals surface area (Å²) in [6.07, 6.45) is 0. The van der Waals surface area contributed by atoms with E-state index < -0.39 is 9.84 Å². The number of sulfone groups is 1. The summed E-state index contributed by atoms with van der Waals surface area (Å²) < 4.78 is 24.1. The van der Waals surface area contributed by atoms with Crippen molar-refractivity contribution in [3.63, 3.8) is 0 Å². The molecule has 5 nitrogen and oxygen atoms in total. The van der Waals surface area contributed by atoms with Gasteiger partial charge in [-0.15, -0.1) is 0 Å². The first kappa shape index (κ1) is 15.8. The van der Waals surface area contributed by atoms with E-state index in [9.17, 15) is 8.42 Å². The Balaban J connectivity index is 2.79. The van der Waals surface area contributed by atoms with Gasteiger partial charge in [0, 0.05) is 11.3 Å². The molecule has 0 fully saturated rings. The maximum absolute atomic E-state index is 12.0. The van der Waals surface area contributed by atoms with Crippen LogP contribution in [0, 0.1) is 0 Å². The van der Waals surface area contributed by atoms with Crippen LogP contribution in [0.4, 0.5) is 0 Å². The van der Waals surface area contributed by atoms with Crippen molar-refractivity contribution in [3.8, 4) is 0 Å². The lowest BCUT2D eigenvalue weighted by Crippen LogP contribution is -2.14. The molecule has 0 aliphatic carbocycles. The van der Waals surface area contributed by atoms with Crippen LogP contribution in [0.2, 0.25) is 0 Å². The van der Waals surface area contributed by atoms with Crippen molar-refractivity contribution in [2.45, 2.75) is 24.0 Å². The maximum Gasteiger partial charge on any atom is 0.179 e. The molecular formula is C12H18N2O3S2. The van der Waals surface area contributed by atoms with E-state index in [4.69, 9.17) is 10.9 Å². The average Bonchev–Trinajstić information content (AvgIpc) is 2.37. The minimum absolute atomic E-state index is 0.0423. The van der Waals surface area contributed by atoms with Gasteiger partial charge in [0.1, 0.15) is 0 Å². The second-order valence-corrected chi connectivity index (χ2v) is 8.04. The van der Waals surface area contributed by atoms with Crippen molar-refractivity contribution >= 4 is 27.4 Å². The normalized spacial score (nSPS) is 12.9. The molecule has 106 valence electrons. The van der Waals surface area contributed by atoms with Gasteiger partial charge in [0.15, 0.2) is 15.7 Å². The summed E-state index contributed by atoms with van der Waals surface area (Å²) in [7, 11) is -3.27. The first-order chi connectivity index (χ1) is 8.86. The van der Waals surface area contributed by atoms with E-state index in [0.29, 0.717) is 16.6 Å². The minimum Gasteiger partial charge on any atom is -0.409 e. The molecule has 0 atom stereocenters. The number of hydrogen-bond donors (Lipinski definition) is 2. The van der Waals surface area contributed by atoms with Crippen molar-refractivity contribution < 1.29 is 13.6 Å². The first-order valence-electron chi connectivity index (χ1n) is 5.79. The number of amidine groups is 1. The van der Waals surface area contributed by atoms with Gasteiger partial charge in [-0.05, 0) is 29.5 Å². The molecule has 0 saturated carbocycles. The van der Waals surface area contributed by atoms with Crippen molar-refractivity contribution in [2.24, 2.45) is 10.9 Å². The largest absolute Gasteiger partial charge is 0.409 e. The van der Waals surface area contributed by atoms with E-state index in [1.165, 1.54) is 24.3 Å². The summed E-state index contributed by atoms with van der Waals surface area (Å²) in [6.45, 7) is 4.06. The Morgan fingerprint density at radius 1 is 1.37 bits per heavy atom. The highest BCUT2D eigenvalue weighted by atomic mass is 32.2. The van der Waals surface area contributed by atoms with Crippen LogP contribution in [0.1, 0.15) is 19.4 Å². The number of benzene rings is 1. The minimum atomic E-state index is -3.27. The Kier molecular flexibility index (Phi) is 5.68. The van der Waals surface area contributed by atoms with Crippen molar-refractivity contribution in [1.82, 2.24) is 0 Å². The van der Waals surface area contributed by atoms with E-state index in [1.807, 2.05) is 13.8 Å². The van der Waals surface area contributed by atoms with Gasteiger partial charge in [-0.3, -0.25) is 0 Å². The van der Waals surface area contributed by atoms with E-state index in [0.717, 1.165) is 0 Å². The van der Waals surface area contributed by atoms with Crippen molar-refractivity contribution in [2.75, 3.05) is 11.5 Å². The first-order valence-corrected chi connectivity index (χ1v) is 8.49. The fourth-order valence-corrected chi connectivity index (χ4v) is 3.92. The Bertz CT molecular complexity index is 537. The predicted octanol–water partition coefficient (Wildman–Crippen LogP) is 1.70. The zero-order chi connectivity index (χ0) is 14.5. The molecule has 1 aromatic carbocycles. The summed E-state index contributed by atoms with van der Waals surface area (Å²) in [5, 5.41) is 11.8. The standard InChI is InChI=1S/C12H18N2O3S2/c1-9(2)18-7-8-19(16,17)11-5-3-10(4-6-11)12(13)14-15/h3-6,9,15H,7-8H2,1-2H3,(H2,13,14). The topological polar surface area (TPSA) is 92.8 Å². The Morgan fingerprint density at radius 3 is 2.42 bits per heavy atom. The molecule has 0 heterocycles. The third-order valence-corrected chi connectivity index (χ3v) is 5.52. The van der Waals surface area contributed by atoms with Crippen LogP contribution >= 0.6 is 11.8 Å². The maximum atomic E-state index is 12.0. The van der Waals surface area contributed by atoms with Gasteiger partial charge in [-0.25, -0.2) is 8.42 Å². The smallest absolute Gasteiger partial charge is 0.179 e. The number of thioether (sulfide) groups is 1. The predicted molar refractivity (Wildman–Crippen MR) is 78.6 cm³/mol. The van der Waals surface area contributed by atoms with Gasteiger partial charge >= 0.3 is 0 Å². The van der Waals surface area contributed by atoms with E-state index in [-0.39, 0.29) is 16.5 Å². The van der Waals surface area contributed by atoms with Crippen LogP contribution < -0.4 is 5.73 Å². The Hall–Kier alpha value is -1.21. The van der Waals surface area contributed by atoms with E-state index >= 15 is 0 Å². The van der Waals surface area contributed by atoms with Crippen LogP contribution in [0.15, 0.2) is 34.3 Å². The van der Waals surface area contributed by atoms with E-state index in [1.54, 1.807) is 11.8 Å².